The largest absolute Gasteiger partial charge is 1.00 e. The third-order valence-electron chi connectivity index (χ3n) is 7.99. The van der Waals surface area contributed by atoms with E-state index in [-0.39, 0.29) is 55.6 Å². The summed E-state index contributed by atoms with van der Waals surface area (Å²) in [5.41, 5.74) is 2.14. The van der Waals surface area contributed by atoms with Crippen LogP contribution in [0.15, 0.2) is 59.6 Å². The van der Waals surface area contributed by atoms with Gasteiger partial charge < -0.3 is 25.3 Å². The van der Waals surface area contributed by atoms with Gasteiger partial charge in [-0.15, -0.1) is 21.5 Å². The van der Waals surface area contributed by atoms with Gasteiger partial charge in [-0.2, -0.15) is 4.99 Å². The fourth-order valence-corrected chi connectivity index (χ4v) is 8.10. The Morgan fingerprint density at radius 3 is 2.55 bits per heavy atom. The maximum absolute atomic E-state index is 14.1. The quantitative estimate of drug-likeness (QED) is 0.0615. The van der Waals surface area contributed by atoms with Gasteiger partial charge in [0, 0.05) is 39.8 Å². The van der Waals surface area contributed by atoms with Crippen LogP contribution in [0.3, 0.4) is 0 Å². The van der Waals surface area contributed by atoms with E-state index in [4.69, 9.17) is 28.9 Å². The second-order valence-corrected chi connectivity index (χ2v) is 21.0. The first-order valence-electron chi connectivity index (χ1n) is 17.4. The van der Waals surface area contributed by atoms with E-state index >= 15 is 0 Å². The number of ether oxygens (including phenoxy) is 4. The number of halogens is 1. The molecule has 0 amide bonds. The van der Waals surface area contributed by atoms with E-state index in [1.165, 1.54) is 17.4 Å². The van der Waals surface area contributed by atoms with E-state index in [2.05, 4.69) is 46.5 Å². The number of hydrogen-bond donors (Lipinski definition) is 0. The zero-order valence-corrected chi connectivity index (χ0v) is 36.3. The minimum absolute atomic E-state index is 0. The van der Waals surface area contributed by atoms with Crippen molar-refractivity contribution in [2.45, 2.75) is 65.5 Å². The molecule has 0 spiro atoms. The molecule has 3 aromatic heterocycles. The number of carbonyl (C=O) groups excluding carboxylic acids is 1. The number of hydrogen-bond acceptors (Lipinski definition) is 12. The van der Waals surface area contributed by atoms with Crippen LogP contribution in [0.25, 0.3) is 10.2 Å². The number of carbonyl (C=O) groups is 1. The number of para-hydroxylation sites is 2. The van der Waals surface area contributed by atoms with Crippen LogP contribution in [-0.2, 0) is 27.4 Å². The summed E-state index contributed by atoms with van der Waals surface area (Å²) in [7, 11) is 0.433. The monoisotopic (exact) mass is 790 g/mol. The molecule has 2 aromatic carbocycles. The van der Waals surface area contributed by atoms with Gasteiger partial charge in [0.25, 0.3) is 0 Å². The molecule has 0 N–H and O–H groups in total. The fraction of sp³-hybridized carbons (Fsp3) is 0.432. The molecule has 0 radical (unpaired) electrons. The molecule has 0 aliphatic rings. The van der Waals surface area contributed by atoms with Gasteiger partial charge in [0.1, 0.15) is 6.73 Å². The zero-order valence-electron chi connectivity index (χ0n) is 32.7. The molecule has 5 aromatic rings. The molecule has 0 saturated carbocycles. The zero-order chi connectivity index (χ0) is 37.1. The average Bonchev–Trinajstić information content (AvgIpc) is 3.69. The SMILES string of the molecule is CCOC(=O)c1nc(N(CCCOC)c2cc(C)c(N=c3sc4ccccc4n3COCC[Si](C)(C)C)nn2)sc1CCCOc1ccccc1F.[H-].[Na+]. The van der Waals surface area contributed by atoms with Crippen LogP contribution in [0.1, 0.15) is 42.1 Å². The number of rotatable bonds is 19. The molecule has 280 valence electrons. The number of benzene rings is 2. The summed E-state index contributed by atoms with van der Waals surface area (Å²) in [4.78, 5) is 26.3. The Labute approximate surface area is 343 Å². The van der Waals surface area contributed by atoms with E-state index in [0.29, 0.717) is 62.5 Å². The molecule has 0 aliphatic carbocycles. The predicted octanol–water partition coefficient (Wildman–Crippen LogP) is 5.42. The molecule has 3 heterocycles. The van der Waals surface area contributed by atoms with Crippen LogP contribution in [0.2, 0.25) is 25.7 Å². The molecule has 0 atom stereocenters. The summed E-state index contributed by atoms with van der Waals surface area (Å²) in [5.74, 6) is 0.361. The Morgan fingerprint density at radius 2 is 1.81 bits per heavy atom. The van der Waals surface area contributed by atoms with Crippen molar-refractivity contribution in [1.82, 2.24) is 19.7 Å². The van der Waals surface area contributed by atoms with Gasteiger partial charge in [-0.3, -0.25) is 4.57 Å². The molecule has 53 heavy (non-hydrogen) atoms. The number of methoxy groups -OCH3 is 1. The number of nitrogens with zero attached hydrogens (tertiary/aromatic N) is 6. The van der Waals surface area contributed by atoms with E-state index in [0.717, 1.165) is 31.5 Å². The molecular weight excluding hydrogens is 743 g/mol. The average molecular weight is 791 g/mol. The molecule has 0 unspecified atom stereocenters. The molecular formula is C37H48FN6NaO5S2Si. The van der Waals surface area contributed by atoms with Crippen molar-refractivity contribution in [3.8, 4) is 5.75 Å². The van der Waals surface area contributed by atoms with Gasteiger partial charge in [-0.1, -0.05) is 55.2 Å². The number of aromatic nitrogens is 4. The summed E-state index contributed by atoms with van der Waals surface area (Å²) >= 11 is 2.97. The van der Waals surface area contributed by atoms with Crippen molar-refractivity contribution >= 4 is 63.7 Å². The Hall–Kier alpha value is -3.02. The topological polar surface area (TPSA) is 113 Å². The van der Waals surface area contributed by atoms with Gasteiger partial charge in [0.05, 0.1) is 23.4 Å². The third-order valence-corrected chi connectivity index (χ3v) is 11.9. The molecule has 0 fully saturated rings. The van der Waals surface area contributed by atoms with Gasteiger partial charge in [0.15, 0.2) is 38.8 Å². The van der Waals surface area contributed by atoms with Crippen molar-refractivity contribution in [1.29, 1.82) is 0 Å². The van der Waals surface area contributed by atoms with Crippen molar-refractivity contribution in [3.63, 3.8) is 0 Å². The Kier molecular flexibility index (Phi) is 16.6. The van der Waals surface area contributed by atoms with Gasteiger partial charge in [-0.05, 0) is 75.0 Å². The minimum Gasteiger partial charge on any atom is -1.00 e. The Balaban J connectivity index is 0.00000392. The molecule has 5 rings (SSSR count). The maximum Gasteiger partial charge on any atom is 1.00 e. The van der Waals surface area contributed by atoms with Crippen molar-refractivity contribution < 1.29 is 59.1 Å². The van der Waals surface area contributed by atoms with Crippen LogP contribution >= 0.6 is 22.7 Å². The molecule has 0 bridgehead atoms. The molecule has 0 aliphatic heterocycles. The third kappa shape index (κ3) is 12.0. The summed E-state index contributed by atoms with van der Waals surface area (Å²) in [6.45, 7) is 13.4. The predicted molar refractivity (Wildman–Crippen MR) is 209 cm³/mol. The summed E-state index contributed by atoms with van der Waals surface area (Å²) in [5, 5.41) is 9.79. The Morgan fingerprint density at radius 1 is 1.04 bits per heavy atom. The van der Waals surface area contributed by atoms with Crippen LogP contribution in [0.4, 0.5) is 21.2 Å². The first-order valence-corrected chi connectivity index (χ1v) is 22.8. The number of anilines is 2. The van der Waals surface area contributed by atoms with Crippen molar-refractivity contribution in [2.75, 3.05) is 45.0 Å². The standard InChI is InChI=1S/C37H47FN6O5S2Si.Na.H/c1-7-48-35(45)33-31(18-12-21-49-29-16-10-8-14-27(29)38)51-36(39-33)43(19-13-20-46-3)32-24-26(2)34(42-41-32)40-37-44(25-47-22-23-52(4,5)6)28-15-9-11-17-30(28)50-37;;/h8-11,14-17,24H,7,12-13,18-23,25H2,1-6H3;;/q;+1;-1. The van der Waals surface area contributed by atoms with Crippen LogP contribution in [0, 0.1) is 12.7 Å². The van der Waals surface area contributed by atoms with E-state index in [1.807, 2.05) is 30.0 Å². The number of fused-ring (bicyclic) bond motifs is 1. The normalized spacial score (nSPS) is 11.9. The van der Waals surface area contributed by atoms with Crippen LogP contribution in [-0.4, -0.2) is 73.9 Å². The molecule has 16 heteroatoms. The first kappa shape index (κ1) is 42.7. The van der Waals surface area contributed by atoms with Crippen molar-refractivity contribution in [2.24, 2.45) is 4.99 Å². The van der Waals surface area contributed by atoms with Gasteiger partial charge in [-0.25, -0.2) is 14.2 Å². The van der Waals surface area contributed by atoms with Crippen LogP contribution < -0.4 is 44.0 Å². The second-order valence-electron chi connectivity index (χ2n) is 13.3. The summed E-state index contributed by atoms with van der Waals surface area (Å²) in [6.07, 6.45) is 1.72. The smallest absolute Gasteiger partial charge is 1.00 e. The first-order chi connectivity index (χ1) is 25.1. The van der Waals surface area contributed by atoms with Crippen molar-refractivity contribution in [3.05, 3.63) is 81.4 Å². The van der Waals surface area contributed by atoms with E-state index < -0.39 is 19.9 Å². The molecule has 11 nitrogen and oxygen atoms in total. The van der Waals surface area contributed by atoms with Gasteiger partial charge >= 0.3 is 35.5 Å². The van der Waals surface area contributed by atoms with Gasteiger partial charge in [0.2, 0.25) is 0 Å². The summed E-state index contributed by atoms with van der Waals surface area (Å²) < 4.78 is 39.8. The fourth-order valence-electron chi connectivity index (χ4n) is 5.20. The number of thiazole rings is 2. The molecule has 0 saturated heterocycles. The van der Waals surface area contributed by atoms with E-state index in [9.17, 15) is 9.18 Å². The van der Waals surface area contributed by atoms with Crippen LogP contribution in [0.5, 0.6) is 5.75 Å². The number of esters is 1. The maximum atomic E-state index is 14.1. The Bertz CT molecular complexity index is 2020. The second kappa shape index (κ2) is 20.6. The van der Waals surface area contributed by atoms with E-state index in [1.54, 1.807) is 43.6 Å². The minimum atomic E-state index is -1.23. The summed E-state index contributed by atoms with van der Waals surface area (Å²) in [6, 6.07) is 17.5. The number of aryl methyl sites for hydroxylation is 2.